The van der Waals surface area contributed by atoms with Gasteiger partial charge in [-0.25, -0.2) is 4.39 Å². The Balaban J connectivity index is 1.36. The van der Waals surface area contributed by atoms with Gasteiger partial charge in [-0.1, -0.05) is 12.1 Å². The second-order valence-corrected chi connectivity index (χ2v) is 7.70. The molecule has 1 saturated carbocycles. The van der Waals surface area contributed by atoms with Gasteiger partial charge in [-0.2, -0.15) is 0 Å². The zero-order valence-corrected chi connectivity index (χ0v) is 14.3. The fourth-order valence-corrected chi connectivity index (χ4v) is 4.46. The van der Waals surface area contributed by atoms with Crippen LogP contribution < -0.4 is 0 Å². The number of piperidine rings is 1. The molecule has 0 unspecified atom stereocenters. The molecule has 1 aromatic carbocycles. The topological polar surface area (TPSA) is 23.6 Å². The van der Waals surface area contributed by atoms with E-state index in [-0.39, 0.29) is 17.8 Å². The first-order valence-corrected chi connectivity index (χ1v) is 9.49. The summed E-state index contributed by atoms with van der Waals surface area (Å²) in [4.78, 5) is 17.7. The Morgan fingerprint density at radius 1 is 1.08 bits per heavy atom. The maximum atomic E-state index is 13.4. The fourth-order valence-electron chi connectivity index (χ4n) is 4.46. The molecule has 1 aromatic rings. The lowest BCUT2D eigenvalue weighted by Crippen LogP contribution is -2.45. The van der Waals surface area contributed by atoms with Crippen LogP contribution >= 0.6 is 0 Å². The van der Waals surface area contributed by atoms with Crippen LogP contribution in [0.25, 0.3) is 0 Å². The van der Waals surface area contributed by atoms with Gasteiger partial charge in [0.15, 0.2) is 0 Å². The predicted octanol–water partition coefficient (Wildman–Crippen LogP) is 3.23. The Morgan fingerprint density at radius 3 is 2.58 bits per heavy atom. The molecule has 0 N–H and O–H groups in total. The van der Waals surface area contributed by atoms with Crippen molar-refractivity contribution < 1.29 is 9.18 Å². The van der Waals surface area contributed by atoms with Gasteiger partial charge in [0.1, 0.15) is 5.82 Å². The molecule has 1 atom stereocenters. The second kappa shape index (κ2) is 6.83. The Bertz CT molecular complexity index is 593. The van der Waals surface area contributed by atoms with Crippen LogP contribution in [0.4, 0.5) is 4.39 Å². The Morgan fingerprint density at radius 2 is 1.88 bits per heavy atom. The molecule has 4 heteroatoms. The Kier molecular flexibility index (Phi) is 4.57. The van der Waals surface area contributed by atoms with Crippen molar-refractivity contribution in [1.29, 1.82) is 0 Å². The highest BCUT2D eigenvalue weighted by molar-refractivity contribution is 5.79. The minimum absolute atomic E-state index is 0.184. The van der Waals surface area contributed by atoms with Crippen LogP contribution in [-0.2, 0) is 11.2 Å². The van der Waals surface area contributed by atoms with E-state index in [1.54, 1.807) is 12.1 Å². The van der Waals surface area contributed by atoms with Crippen LogP contribution in [0.3, 0.4) is 0 Å². The third-order valence-electron chi connectivity index (χ3n) is 5.96. The van der Waals surface area contributed by atoms with E-state index >= 15 is 0 Å². The van der Waals surface area contributed by atoms with Gasteiger partial charge in [0, 0.05) is 24.5 Å². The summed E-state index contributed by atoms with van der Waals surface area (Å²) in [5.74, 6) is 0.369. The quantitative estimate of drug-likeness (QED) is 0.846. The molecule has 1 aliphatic carbocycles. The summed E-state index contributed by atoms with van der Waals surface area (Å²) in [5.41, 5.74) is 1.00. The van der Waals surface area contributed by atoms with Crippen molar-refractivity contribution in [3.63, 3.8) is 0 Å². The van der Waals surface area contributed by atoms with Crippen molar-refractivity contribution in [2.75, 3.05) is 19.6 Å². The Labute approximate surface area is 143 Å². The number of amides is 1. The summed E-state index contributed by atoms with van der Waals surface area (Å²) in [6.07, 6.45) is 7.62. The summed E-state index contributed by atoms with van der Waals surface area (Å²) in [6.45, 7) is 3.05. The number of rotatable bonds is 4. The molecule has 0 bridgehead atoms. The molecular weight excluding hydrogens is 303 g/mol. The second-order valence-electron chi connectivity index (χ2n) is 7.70. The Hall–Kier alpha value is -1.42. The predicted molar refractivity (Wildman–Crippen MR) is 92.2 cm³/mol. The van der Waals surface area contributed by atoms with Crippen molar-refractivity contribution in [2.45, 2.75) is 57.0 Å². The number of likely N-dealkylation sites (tertiary alicyclic amines) is 2. The first kappa shape index (κ1) is 16.1. The minimum atomic E-state index is -0.184. The number of hydrogen-bond acceptors (Lipinski definition) is 2. The van der Waals surface area contributed by atoms with E-state index in [1.165, 1.54) is 18.9 Å². The first-order valence-electron chi connectivity index (χ1n) is 9.49. The van der Waals surface area contributed by atoms with Crippen molar-refractivity contribution >= 4 is 5.91 Å². The van der Waals surface area contributed by atoms with Crippen molar-refractivity contribution in [3.8, 4) is 0 Å². The zero-order chi connectivity index (χ0) is 16.5. The molecule has 2 aliphatic heterocycles. The molecule has 3 nitrogen and oxygen atoms in total. The molecule has 3 aliphatic rings. The van der Waals surface area contributed by atoms with Gasteiger partial charge in [0.2, 0.25) is 5.91 Å². The highest BCUT2D eigenvalue weighted by Gasteiger charge is 2.37. The fraction of sp³-hybridized carbons (Fsp3) is 0.650. The van der Waals surface area contributed by atoms with Crippen LogP contribution in [0.5, 0.6) is 0 Å². The summed E-state index contributed by atoms with van der Waals surface area (Å²) in [7, 11) is 0. The van der Waals surface area contributed by atoms with Crippen LogP contribution in [0.15, 0.2) is 24.3 Å². The van der Waals surface area contributed by atoms with Crippen molar-refractivity contribution in [1.82, 2.24) is 9.80 Å². The summed E-state index contributed by atoms with van der Waals surface area (Å²) in [6, 6.07) is 7.88. The molecule has 4 rings (SSSR count). The average Bonchev–Trinajstić information content (AvgIpc) is 3.34. The molecule has 0 spiro atoms. The van der Waals surface area contributed by atoms with E-state index in [0.29, 0.717) is 5.91 Å². The van der Waals surface area contributed by atoms with Crippen LogP contribution in [0.1, 0.15) is 44.1 Å². The lowest BCUT2D eigenvalue weighted by atomic mass is 9.94. The van der Waals surface area contributed by atoms with Crippen LogP contribution in [0, 0.1) is 11.7 Å². The largest absolute Gasteiger partial charge is 0.339 e. The smallest absolute Gasteiger partial charge is 0.226 e. The van der Waals surface area contributed by atoms with Gasteiger partial charge in [-0.05, 0) is 75.7 Å². The number of hydrogen-bond donors (Lipinski definition) is 0. The standard InChI is InChI=1S/C20H27FN2O/c21-17-4-1-3-15(13-17)14-19-5-2-10-23(19)20(24)16-8-11-22(12-9-16)18-6-7-18/h1,3-4,13,16,18-19H,2,5-12,14H2/t19-/m1/s1. The SMILES string of the molecule is O=C(C1CCN(C2CC2)CC1)N1CCC[C@@H]1Cc1cccc(F)c1. The highest BCUT2D eigenvalue weighted by Crippen LogP contribution is 2.32. The molecule has 24 heavy (non-hydrogen) atoms. The van der Waals surface area contributed by atoms with Gasteiger partial charge >= 0.3 is 0 Å². The third kappa shape index (κ3) is 3.49. The zero-order valence-electron chi connectivity index (χ0n) is 14.3. The number of benzene rings is 1. The van der Waals surface area contributed by atoms with E-state index in [1.807, 2.05) is 6.07 Å². The lowest BCUT2D eigenvalue weighted by molar-refractivity contribution is -0.138. The van der Waals surface area contributed by atoms with Gasteiger partial charge in [0.25, 0.3) is 0 Å². The van der Waals surface area contributed by atoms with Crippen molar-refractivity contribution in [3.05, 3.63) is 35.6 Å². The molecule has 2 heterocycles. The molecule has 0 aromatic heterocycles. The monoisotopic (exact) mass is 330 g/mol. The minimum Gasteiger partial charge on any atom is -0.339 e. The third-order valence-corrected chi connectivity index (χ3v) is 5.96. The summed E-state index contributed by atoms with van der Waals surface area (Å²) < 4.78 is 13.4. The van der Waals surface area contributed by atoms with E-state index < -0.39 is 0 Å². The van der Waals surface area contributed by atoms with E-state index in [0.717, 1.165) is 63.3 Å². The van der Waals surface area contributed by atoms with E-state index in [9.17, 15) is 9.18 Å². The molecular formula is C20H27FN2O. The average molecular weight is 330 g/mol. The van der Waals surface area contributed by atoms with Crippen LogP contribution in [-0.4, -0.2) is 47.4 Å². The maximum Gasteiger partial charge on any atom is 0.226 e. The highest BCUT2D eigenvalue weighted by atomic mass is 19.1. The molecule has 3 fully saturated rings. The lowest BCUT2D eigenvalue weighted by Gasteiger charge is -2.35. The molecule has 0 radical (unpaired) electrons. The van der Waals surface area contributed by atoms with E-state index in [4.69, 9.17) is 0 Å². The molecule has 2 saturated heterocycles. The number of carbonyl (C=O) groups excluding carboxylic acids is 1. The molecule has 130 valence electrons. The number of halogens is 1. The van der Waals surface area contributed by atoms with Gasteiger partial charge in [-0.3, -0.25) is 4.79 Å². The molecule has 1 amide bonds. The first-order chi connectivity index (χ1) is 11.7. The summed E-state index contributed by atoms with van der Waals surface area (Å²) >= 11 is 0. The number of carbonyl (C=O) groups is 1. The number of nitrogens with zero attached hydrogens (tertiary/aromatic N) is 2. The maximum absolute atomic E-state index is 13.4. The van der Waals surface area contributed by atoms with Gasteiger partial charge < -0.3 is 9.80 Å². The van der Waals surface area contributed by atoms with Gasteiger partial charge in [-0.15, -0.1) is 0 Å². The van der Waals surface area contributed by atoms with E-state index in [2.05, 4.69) is 9.80 Å². The van der Waals surface area contributed by atoms with Crippen molar-refractivity contribution in [2.24, 2.45) is 5.92 Å². The van der Waals surface area contributed by atoms with Gasteiger partial charge in [0.05, 0.1) is 0 Å². The summed E-state index contributed by atoms with van der Waals surface area (Å²) in [5, 5.41) is 0. The normalized spacial score (nSPS) is 26.0. The van der Waals surface area contributed by atoms with Crippen LogP contribution in [0.2, 0.25) is 0 Å².